The van der Waals surface area contributed by atoms with Crippen LogP contribution in [-0.2, 0) is 13.1 Å². The van der Waals surface area contributed by atoms with E-state index in [2.05, 4.69) is 55.1 Å². The third kappa shape index (κ3) is 4.39. The highest BCUT2D eigenvalue weighted by Gasteiger charge is 2.18. The van der Waals surface area contributed by atoms with Crippen LogP contribution in [0.2, 0.25) is 0 Å². The van der Waals surface area contributed by atoms with Gasteiger partial charge in [0.25, 0.3) is 0 Å². The highest BCUT2D eigenvalue weighted by atomic mass is 15.3. The van der Waals surface area contributed by atoms with E-state index in [1.807, 2.05) is 19.0 Å². The van der Waals surface area contributed by atoms with E-state index in [9.17, 15) is 0 Å². The van der Waals surface area contributed by atoms with Gasteiger partial charge in [0, 0.05) is 46.8 Å². The number of nitrogens with zero attached hydrogens (tertiary/aromatic N) is 6. The van der Waals surface area contributed by atoms with Gasteiger partial charge in [-0.3, -0.25) is 9.80 Å². The third-order valence-corrected chi connectivity index (χ3v) is 4.17. The molecule has 0 bridgehead atoms. The number of aromatic nitrogens is 3. The number of piperazine rings is 1. The van der Waals surface area contributed by atoms with Crippen LogP contribution in [0.4, 0.5) is 11.9 Å². The Morgan fingerprint density at radius 1 is 0.917 bits per heavy atom. The topological polar surface area (TPSA) is 74.4 Å². The van der Waals surface area contributed by atoms with Gasteiger partial charge in [-0.15, -0.1) is 0 Å². The lowest BCUT2D eigenvalue weighted by Crippen LogP contribution is -2.45. The minimum absolute atomic E-state index is 0.284. The molecule has 0 spiro atoms. The standard InChI is InChI=1S/C17H25N7/c1-22(2)17-20-15(19-16(18)21-17)13-24-10-8-23(9-11-24)12-14-6-4-3-5-7-14/h3-7H,8-13H2,1-2H3,(H2,18,19,20,21). The minimum atomic E-state index is 0.284. The van der Waals surface area contributed by atoms with E-state index >= 15 is 0 Å². The summed E-state index contributed by atoms with van der Waals surface area (Å²) in [5.74, 6) is 1.63. The summed E-state index contributed by atoms with van der Waals surface area (Å²) in [6.45, 7) is 5.85. The van der Waals surface area contributed by atoms with Crippen LogP contribution in [-0.4, -0.2) is 65.0 Å². The molecule has 1 aromatic heterocycles. The molecule has 2 aromatic rings. The summed E-state index contributed by atoms with van der Waals surface area (Å²) >= 11 is 0. The fourth-order valence-electron chi connectivity index (χ4n) is 2.84. The summed E-state index contributed by atoms with van der Waals surface area (Å²) in [5.41, 5.74) is 7.16. The second-order valence-electron chi connectivity index (χ2n) is 6.34. The van der Waals surface area contributed by atoms with Crippen molar-refractivity contribution in [3.63, 3.8) is 0 Å². The Labute approximate surface area is 143 Å². The fourth-order valence-corrected chi connectivity index (χ4v) is 2.84. The molecule has 2 heterocycles. The Morgan fingerprint density at radius 3 is 2.17 bits per heavy atom. The number of hydrogen-bond acceptors (Lipinski definition) is 7. The van der Waals surface area contributed by atoms with Crippen LogP contribution in [0.15, 0.2) is 30.3 Å². The number of rotatable bonds is 5. The Hall–Kier alpha value is -2.25. The average Bonchev–Trinajstić information content (AvgIpc) is 2.57. The first-order valence-electron chi connectivity index (χ1n) is 8.26. The summed E-state index contributed by atoms with van der Waals surface area (Å²) in [7, 11) is 3.81. The van der Waals surface area contributed by atoms with E-state index in [1.54, 1.807) is 0 Å². The van der Waals surface area contributed by atoms with Gasteiger partial charge in [0.1, 0.15) is 5.82 Å². The normalized spacial score (nSPS) is 16.2. The number of nitrogen functional groups attached to an aromatic ring is 1. The molecule has 0 radical (unpaired) electrons. The largest absolute Gasteiger partial charge is 0.368 e. The van der Waals surface area contributed by atoms with Crippen molar-refractivity contribution in [2.24, 2.45) is 0 Å². The van der Waals surface area contributed by atoms with Gasteiger partial charge in [0.2, 0.25) is 11.9 Å². The molecule has 2 N–H and O–H groups in total. The van der Waals surface area contributed by atoms with Gasteiger partial charge in [0.15, 0.2) is 0 Å². The van der Waals surface area contributed by atoms with Crippen molar-refractivity contribution in [1.29, 1.82) is 0 Å². The first kappa shape index (κ1) is 16.6. The zero-order valence-corrected chi connectivity index (χ0v) is 14.4. The highest BCUT2D eigenvalue weighted by molar-refractivity contribution is 5.32. The number of anilines is 2. The molecule has 7 heteroatoms. The van der Waals surface area contributed by atoms with Crippen molar-refractivity contribution in [1.82, 2.24) is 24.8 Å². The summed E-state index contributed by atoms with van der Waals surface area (Å²) in [6, 6.07) is 10.6. The number of nitrogens with two attached hydrogens (primary N) is 1. The Balaban J connectivity index is 1.54. The third-order valence-electron chi connectivity index (χ3n) is 4.17. The van der Waals surface area contributed by atoms with E-state index in [-0.39, 0.29) is 5.95 Å². The van der Waals surface area contributed by atoms with Crippen molar-refractivity contribution in [3.8, 4) is 0 Å². The van der Waals surface area contributed by atoms with Crippen molar-refractivity contribution in [2.75, 3.05) is 50.9 Å². The van der Waals surface area contributed by atoms with Crippen molar-refractivity contribution >= 4 is 11.9 Å². The van der Waals surface area contributed by atoms with E-state index in [0.29, 0.717) is 12.5 Å². The quantitative estimate of drug-likeness (QED) is 0.872. The van der Waals surface area contributed by atoms with Crippen LogP contribution in [0.1, 0.15) is 11.4 Å². The molecule has 0 saturated carbocycles. The van der Waals surface area contributed by atoms with E-state index < -0.39 is 0 Å². The number of benzene rings is 1. The Bertz CT molecular complexity index is 651. The molecule has 7 nitrogen and oxygen atoms in total. The van der Waals surface area contributed by atoms with Gasteiger partial charge >= 0.3 is 0 Å². The molecule has 0 atom stereocenters. The van der Waals surface area contributed by atoms with Crippen LogP contribution in [0.25, 0.3) is 0 Å². The van der Waals surface area contributed by atoms with Gasteiger partial charge in [-0.05, 0) is 5.56 Å². The minimum Gasteiger partial charge on any atom is -0.368 e. The van der Waals surface area contributed by atoms with Crippen LogP contribution < -0.4 is 10.6 Å². The molecule has 0 unspecified atom stereocenters. The van der Waals surface area contributed by atoms with Crippen LogP contribution in [0, 0.1) is 0 Å². The van der Waals surface area contributed by atoms with Gasteiger partial charge in [0.05, 0.1) is 6.54 Å². The van der Waals surface area contributed by atoms with Crippen molar-refractivity contribution in [3.05, 3.63) is 41.7 Å². The summed E-state index contributed by atoms with van der Waals surface area (Å²) in [5, 5.41) is 0. The Kier molecular flexibility index (Phi) is 5.22. The average molecular weight is 327 g/mol. The molecule has 3 rings (SSSR count). The first-order valence-corrected chi connectivity index (χ1v) is 8.26. The van der Waals surface area contributed by atoms with Crippen LogP contribution in [0.3, 0.4) is 0 Å². The predicted molar refractivity (Wildman–Crippen MR) is 95.6 cm³/mol. The van der Waals surface area contributed by atoms with Crippen LogP contribution >= 0.6 is 0 Å². The van der Waals surface area contributed by atoms with Gasteiger partial charge in [-0.25, -0.2) is 0 Å². The lowest BCUT2D eigenvalue weighted by atomic mass is 10.2. The maximum atomic E-state index is 5.79. The van der Waals surface area contributed by atoms with E-state index in [1.165, 1.54) is 5.56 Å². The zero-order chi connectivity index (χ0) is 16.9. The lowest BCUT2D eigenvalue weighted by Gasteiger charge is -2.34. The summed E-state index contributed by atoms with van der Waals surface area (Å²) < 4.78 is 0. The molecule has 1 saturated heterocycles. The monoisotopic (exact) mass is 327 g/mol. The van der Waals surface area contributed by atoms with E-state index in [4.69, 9.17) is 5.73 Å². The van der Waals surface area contributed by atoms with E-state index in [0.717, 1.165) is 38.5 Å². The van der Waals surface area contributed by atoms with Crippen LogP contribution in [0.5, 0.6) is 0 Å². The van der Waals surface area contributed by atoms with Gasteiger partial charge in [-0.2, -0.15) is 15.0 Å². The molecule has 24 heavy (non-hydrogen) atoms. The van der Waals surface area contributed by atoms with Crippen molar-refractivity contribution in [2.45, 2.75) is 13.1 Å². The second kappa shape index (κ2) is 7.55. The predicted octanol–water partition coefficient (Wildman–Crippen LogP) is 0.838. The molecular weight excluding hydrogens is 302 g/mol. The molecule has 1 aromatic carbocycles. The summed E-state index contributed by atoms with van der Waals surface area (Å²) in [6.07, 6.45) is 0. The molecule has 1 fully saturated rings. The lowest BCUT2D eigenvalue weighted by molar-refractivity contribution is 0.120. The zero-order valence-electron chi connectivity index (χ0n) is 14.4. The molecular formula is C17H25N7. The first-order chi connectivity index (χ1) is 11.6. The SMILES string of the molecule is CN(C)c1nc(N)nc(CN2CCN(Cc3ccccc3)CC2)n1. The smallest absolute Gasteiger partial charge is 0.229 e. The Morgan fingerprint density at radius 2 is 1.54 bits per heavy atom. The van der Waals surface area contributed by atoms with Gasteiger partial charge in [-0.1, -0.05) is 30.3 Å². The fraction of sp³-hybridized carbons (Fsp3) is 0.471. The molecule has 1 aliphatic heterocycles. The molecule has 0 aliphatic carbocycles. The van der Waals surface area contributed by atoms with Gasteiger partial charge < -0.3 is 10.6 Å². The maximum absolute atomic E-state index is 5.79. The maximum Gasteiger partial charge on any atom is 0.229 e. The molecule has 128 valence electrons. The summed E-state index contributed by atoms with van der Waals surface area (Å²) in [4.78, 5) is 19.6. The number of hydrogen-bond donors (Lipinski definition) is 1. The highest BCUT2D eigenvalue weighted by Crippen LogP contribution is 2.12. The second-order valence-corrected chi connectivity index (χ2v) is 6.34. The molecule has 0 amide bonds. The molecule has 1 aliphatic rings. The van der Waals surface area contributed by atoms with Crippen molar-refractivity contribution < 1.29 is 0 Å².